The van der Waals surface area contributed by atoms with Gasteiger partial charge in [-0.2, -0.15) is 0 Å². The van der Waals surface area contributed by atoms with Crippen LogP contribution in [0.1, 0.15) is 10.4 Å². The van der Waals surface area contributed by atoms with Crippen molar-refractivity contribution in [2.75, 3.05) is 31.9 Å². The van der Waals surface area contributed by atoms with Gasteiger partial charge in [-0.1, -0.05) is 18.2 Å². The van der Waals surface area contributed by atoms with Gasteiger partial charge in [0.2, 0.25) is 0 Å². The van der Waals surface area contributed by atoms with Crippen LogP contribution in [0.3, 0.4) is 0 Å². The zero-order valence-electron chi connectivity index (χ0n) is 16.4. The van der Waals surface area contributed by atoms with Crippen LogP contribution in [-0.4, -0.2) is 32.5 Å². The summed E-state index contributed by atoms with van der Waals surface area (Å²) in [6, 6.07) is 22.5. The third-order valence-electron chi connectivity index (χ3n) is 4.14. The van der Waals surface area contributed by atoms with E-state index in [1.807, 2.05) is 18.2 Å². The molecule has 0 aliphatic carbocycles. The molecule has 0 aromatic heterocycles. The van der Waals surface area contributed by atoms with E-state index in [9.17, 15) is 4.79 Å². The smallest absolute Gasteiger partial charge is 0.255 e. The van der Waals surface area contributed by atoms with Gasteiger partial charge in [-0.25, -0.2) is 0 Å². The lowest BCUT2D eigenvalue weighted by Gasteiger charge is -2.12. The first kappa shape index (κ1) is 20.6. The summed E-state index contributed by atoms with van der Waals surface area (Å²) in [5.74, 6) is 2.56. The molecule has 3 rings (SSSR count). The lowest BCUT2D eigenvalue weighted by molar-refractivity contribution is 0.102. The van der Waals surface area contributed by atoms with Crippen LogP contribution < -0.4 is 19.5 Å². The lowest BCUT2D eigenvalue weighted by Crippen LogP contribution is -2.12. The maximum atomic E-state index is 12.5. The van der Waals surface area contributed by atoms with Gasteiger partial charge in [0.1, 0.15) is 17.2 Å². The highest BCUT2D eigenvalue weighted by Gasteiger charge is 2.11. The Morgan fingerprint density at radius 2 is 1.62 bits per heavy atom. The fourth-order valence-corrected chi connectivity index (χ4v) is 3.39. The summed E-state index contributed by atoms with van der Waals surface area (Å²) in [5.41, 5.74) is 1.12. The van der Waals surface area contributed by atoms with Crippen molar-refractivity contribution in [3.05, 3.63) is 78.4 Å². The molecule has 0 unspecified atom stereocenters. The Kier molecular flexibility index (Phi) is 7.41. The second kappa shape index (κ2) is 10.4. The molecule has 0 bridgehead atoms. The number of carbonyl (C=O) groups excluding carboxylic acids is 1. The summed E-state index contributed by atoms with van der Waals surface area (Å²) in [7, 11) is 3.13. The molecule has 0 spiro atoms. The summed E-state index contributed by atoms with van der Waals surface area (Å²) in [6.45, 7) is 0.591. The SMILES string of the molecule is COc1ccc(NC(=O)c2ccc(OCCSc3ccccc3)cc2)c(OC)c1. The topological polar surface area (TPSA) is 56.8 Å². The van der Waals surface area contributed by atoms with Gasteiger partial charge in [0.25, 0.3) is 5.91 Å². The highest BCUT2D eigenvalue weighted by Crippen LogP contribution is 2.29. The van der Waals surface area contributed by atoms with Crippen molar-refractivity contribution in [2.45, 2.75) is 4.90 Å². The van der Waals surface area contributed by atoms with E-state index in [0.29, 0.717) is 29.4 Å². The Hall–Kier alpha value is -3.12. The minimum absolute atomic E-state index is 0.223. The number of ether oxygens (including phenoxy) is 3. The van der Waals surface area contributed by atoms with Crippen LogP contribution >= 0.6 is 11.8 Å². The molecule has 5 nitrogen and oxygen atoms in total. The molecular weight excluding hydrogens is 386 g/mol. The first-order valence-corrected chi connectivity index (χ1v) is 10.1. The second-order valence-corrected chi connectivity index (χ2v) is 7.22. The van der Waals surface area contributed by atoms with Gasteiger partial charge in [0.15, 0.2) is 0 Å². The second-order valence-electron chi connectivity index (χ2n) is 6.05. The standard InChI is InChI=1S/C23H23NO4S/c1-26-19-12-13-21(22(16-19)27-2)24-23(25)17-8-10-18(11-9-17)28-14-15-29-20-6-4-3-5-7-20/h3-13,16H,14-15H2,1-2H3,(H,24,25). The summed E-state index contributed by atoms with van der Waals surface area (Å²) in [6.07, 6.45) is 0. The zero-order valence-corrected chi connectivity index (χ0v) is 17.2. The monoisotopic (exact) mass is 409 g/mol. The van der Waals surface area contributed by atoms with Crippen molar-refractivity contribution in [3.63, 3.8) is 0 Å². The van der Waals surface area contributed by atoms with Crippen LogP contribution in [0, 0.1) is 0 Å². The van der Waals surface area contributed by atoms with Gasteiger partial charge in [-0.05, 0) is 48.5 Å². The molecule has 0 radical (unpaired) electrons. The number of methoxy groups -OCH3 is 2. The average Bonchev–Trinajstić information content (AvgIpc) is 2.78. The predicted molar refractivity (Wildman–Crippen MR) is 117 cm³/mol. The first-order valence-electron chi connectivity index (χ1n) is 9.13. The molecule has 29 heavy (non-hydrogen) atoms. The number of thioether (sulfide) groups is 1. The Balaban J connectivity index is 1.52. The minimum atomic E-state index is -0.223. The molecule has 0 aliphatic rings. The molecule has 150 valence electrons. The predicted octanol–water partition coefficient (Wildman–Crippen LogP) is 5.13. The number of amides is 1. The number of anilines is 1. The van der Waals surface area contributed by atoms with Crippen molar-refractivity contribution in [1.82, 2.24) is 0 Å². The van der Waals surface area contributed by atoms with Gasteiger partial charge in [0, 0.05) is 22.3 Å². The highest BCUT2D eigenvalue weighted by atomic mass is 32.2. The molecule has 0 heterocycles. The van der Waals surface area contributed by atoms with Gasteiger partial charge < -0.3 is 19.5 Å². The van der Waals surface area contributed by atoms with Crippen molar-refractivity contribution in [2.24, 2.45) is 0 Å². The zero-order chi connectivity index (χ0) is 20.5. The molecule has 0 saturated heterocycles. The normalized spacial score (nSPS) is 10.3. The summed E-state index contributed by atoms with van der Waals surface area (Å²) < 4.78 is 16.2. The number of nitrogens with one attached hydrogen (secondary N) is 1. The van der Waals surface area contributed by atoms with E-state index in [2.05, 4.69) is 17.4 Å². The molecule has 6 heteroatoms. The average molecular weight is 410 g/mol. The van der Waals surface area contributed by atoms with Crippen LogP contribution in [0.25, 0.3) is 0 Å². The molecule has 0 saturated carbocycles. The van der Waals surface area contributed by atoms with E-state index >= 15 is 0 Å². The third kappa shape index (κ3) is 5.93. The fourth-order valence-electron chi connectivity index (χ4n) is 2.63. The number of hydrogen-bond acceptors (Lipinski definition) is 5. The molecule has 3 aromatic rings. The van der Waals surface area contributed by atoms with Gasteiger partial charge in [0.05, 0.1) is 26.5 Å². The Labute approximate surface area is 175 Å². The molecular formula is C23H23NO4S. The fraction of sp³-hybridized carbons (Fsp3) is 0.174. The molecule has 3 aromatic carbocycles. The lowest BCUT2D eigenvalue weighted by atomic mass is 10.2. The summed E-state index contributed by atoms with van der Waals surface area (Å²) in [5, 5.41) is 2.86. The number of hydrogen-bond donors (Lipinski definition) is 1. The van der Waals surface area contributed by atoms with Gasteiger partial charge in [-0.3, -0.25) is 4.79 Å². The van der Waals surface area contributed by atoms with E-state index in [0.717, 1.165) is 11.5 Å². The molecule has 1 amide bonds. The van der Waals surface area contributed by atoms with E-state index in [-0.39, 0.29) is 5.91 Å². The van der Waals surface area contributed by atoms with Crippen LogP contribution in [-0.2, 0) is 0 Å². The first-order chi connectivity index (χ1) is 14.2. The van der Waals surface area contributed by atoms with E-state index in [4.69, 9.17) is 14.2 Å². The summed E-state index contributed by atoms with van der Waals surface area (Å²) in [4.78, 5) is 13.7. The van der Waals surface area contributed by atoms with E-state index < -0.39 is 0 Å². The van der Waals surface area contributed by atoms with Crippen molar-refractivity contribution in [1.29, 1.82) is 0 Å². The van der Waals surface area contributed by atoms with Gasteiger partial charge >= 0.3 is 0 Å². The van der Waals surface area contributed by atoms with E-state index in [1.54, 1.807) is 68.4 Å². The largest absolute Gasteiger partial charge is 0.497 e. The molecule has 0 atom stereocenters. The molecule has 1 N–H and O–H groups in total. The quantitative estimate of drug-likeness (QED) is 0.392. The van der Waals surface area contributed by atoms with Crippen LogP contribution in [0.2, 0.25) is 0 Å². The van der Waals surface area contributed by atoms with Gasteiger partial charge in [-0.15, -0.1) is 11.8 Å². The molecule has 0 fully saturated rings. The Morgan fingerprint density at radius 3 is 2.31 bits per heavy atom. The summed E-state index contributed by atoms with van der Waals surface area (Å²) >= 11 is 1.75. The van der Waals surface area contributed by atoms with Crippen LogP contribution in [0.4, 0.5) is 5.69 Å². The van der Waals surface area contributed by atoms with Crippen LogP contribution in [0.5, 0.6) is 17.2 Å². The third-order valence-corrected chi connectivity index (χ3v) is 5.11. The molecule has 0 aliphatic heterocycles. The van der Waals surface area contributed by atoms with Crippen LogP contribution in [0.15, 0.2) is 77.7 Å². The van der Waals surface area contributed by atoms with E-state index in [1.165, 1.54) is 4.90 Å². The number of rotatable bonds is 9. The Morgan fingerprint density at radius 1 is 0.897 bits per heavy atom. The number of benzene rings is 3. The maximum Gasteiger partial charge on any atom is 0.255 e. The number of carbonyl (C=O) groups is 1. The van der Waals surface area contributed by atoms with Crippen molar-refractivity contribution in [3.8, 4) is 17.2 Å². The maximum absolute atomic E-state index is 12.5. The highest BCUT2D eigenvalue weighted by molar-refractivity contribution is 7.99. The Bertz CT molecular complexity index is 929. The van der Waals surface area contributed by atoms with Crippen molar-refractivity contribution >= 4 is 23.4 Å². The minimum Gasteiger partial charge on any atom is -0.497 e. The van der Waals surface area contributed by atoms with Crippen molar-refractivity contribution < 1.29 is 19.0 Å².